The molecule has 0 saturated carbocycles. The summed E-state index contributed by atoms with van der Waals surface area (Å²) in [6.07, 6.45) is 6.55. The third-order valence-corrected chi connectivity index (χ3v) is 5.65. The summed E-state index contributed by atoms with van der Waals surface area (Å²) in [5, 5.41) is 12.1. The molecule has 1 amide bonds. The highest BCUT2D eigenvalue weighted by molar-refractivity contribution is 6.04. The molecule has 2 heterocycles. The molecule has 0 aliphatic heterocycles. The Labute approximate surface area is 175 Å². The Balaban J connectivity index is 1.47. The maximum absolute atomic E-state index is 13.2. The lowest BCUT2D eigenvalue weighted by Gasteiger charge is -2.11. The second kappa shape index (κ2) is 7.63. The number of rotatable bonds is 5. The van der Waals surface area contributed by atoms with Crippen LogP contribution in [0, 0.1) is 6.92 Å². The van der Waals surface area contributed by atoms with Gasteiger partial charge >= 0.3 is 0 Å². The second-order valence-electron chi connectivity index (χ2n) is 7.64. The van der Waals surface area contributed by atoms with Gasteiger partial charge in [0.1, 0.15) is 0 Å². The van der Waals surface area contributed by atoms with Crippen LogP contribution in [0.5, 0.6) is 0 Å². The minimum Gasteiger partial charge on any atom is -0.320 e. The molecule has 1 aliphatic carbocycles. The molecule has 0 fully saturated rings. The van der Waals surface area contributed by atoms with E-state index in [4.69, 9.17) is 5.10 Å². The van der Waals surface area contributed by atoms with Gasteiger partial charge in [0.25, 0.3) is 5.91 Å². The molecule has 150 valence electrons. The number of nitrogens with zero attached hydrogens (tertiary/aromatic N) is 4. The lowest BCUT2D eigenvalue weighted by Crippen LogP contribution is -2.17. The number of hydrogen-bond acceptors (Lipinski definition) is 3. The second-order valence-corrected chi connectivity index (χ2v) is 7.64. The van der Waals surface area contributed by atoms with Crippen molar-refractivity contribution in [3.8, 4) is 5.69 Å². The molecular formula is C24H23N5O. The molecule has 6 nitrogen and oxygen atoms in total. The topological polar surface area (TPSA) is 64.7 Å². The van der Waals surface area contributed by atoms with E-state index in [9.17, 15) is 4.79 Å². The van der Waals surface area contributed by atoms with Gasteiger partial charge in [-0.2, -0.15) is 10.2 Å². The zero-order valence-electron chi connectivity index (χ0n) is 16.9. The predicted octanol–water partition coefficient (Wildman–Crippen LogP) is 4.17. The Morgan fingerprint density at radius 1 is 1.07 bits per heavy atom. The minimum atomic E-state index is -0.159. The number of nitrogens with one attached hydrogen (secondary N) is 1. The molecule has 0 radical (unpaired) electrons. The van der Waals surface area contributed by atoms with Crippen molar-refractivity contribution in [2.45, 2.75) is 32.7 Å². The molecule has 0 unspecified atom stereocenters. The molecule has 2 aromatic heterocycles. The summed E-state index contributed by atoms with van der Waals surface area (Å²) in [5.41, 5.74) is 6.72. The highest BCUT2D eigenvalue weighted by atomic mass is 16.2. The van der Waals surface area contributed by atoms with Crippen LogP contribution in [0.4, 0.5) is 5.69 Å². The quantitative estimate of drug-likeness (QED) is 0.550. The Hall–Kier alpha value is -3.67. The molecule has 4 aromatic rings. The van der Waals surface area contributed by atoms with E-state index in [1.165, 1.54) is 0 Å². The van der Waals surface area contributed by atoms with Crippen LogP contribution >= 0.6 is 0 Å². The van der Waals surface area contributed by atoms with E-state index in [2.05, 4.69) is 29.5 Å². The van der Waals surface area contributed by atoms with E-state index >= 15 is 0 Å². The fourth-order valence-electron chi connectivity index (χ4n) is 4.15. The zero-order valence-corrected chi connectivity index (χ0v) is 16.9. The lowest BCUT2D eigenvalue weighted by molar-refractivity contribution is 0.102. The van der Waals surface area contributed by atoms with Gasteiger partial charge in [0, 0.05) is 29.3 Å². The van der Waals surface area contributed by atoms with Crippen LogP contribution in [-0.4, -0.2) is 25.5 Å². The Bertz CT molecular complexity index is 1210. The van der Waals surface area contributed by atoms with Gasteiger partial charge in [-0.25, -0.2) is 4.68 Å². The average Bonchev–Trinajstić information content (AvgIpc) is 3.48. The van der Waals surface area contributed by atoms with Gasteiger partial charge in [-0.3, -0.25) is 9.48 Å². The number of benzene rings is 2. The molecule has 0 spiro atoms. The molecule has 6 heteroatoms. The summed E-state index contributed by atoms with van der Waals surface area (Å²) < 4.78 is 3.80. The summed E-state index contributed by atoms with van der Waals surface area (Å²) in [6.45, 7) is 2.67. The van der Waals surface area contributed by atoms with Crippen molar-refractivity contribution in [2.75, 3.05) is 5.32 Å². The molecule has 0 saturated heterocycles. The Morgan fingerprint density at radius 3 is 2.73 bits per heavy atom. The van der Waals surface area contributed by atoms with Gasteiger partial charge < -0.3 is 5.32 Å². The fourth-order valence-corrected chi connectivity index (χ4v) is 4.15. The number of carbonyl (C=O) groups excluding carboxylic acids is 1. The predicted molar refractivity (Wildman–Crippen MR) is 116 cm³/mol. The number of hydrogen-bond donors (Lipinski definition) is 1. The van der Waals surface area contributed by atoms with Crippen LogP contribution in [0.15, 0.2) is 67.0 Å². The van der Waals surface area contributed by atoms with Crippen molar-refractivity contribution in [3.63, 3.8) is 0 Å². The van der Waals surface area contributed by atoms with Crippen LogP contribution in [0.25, 0.3) is 5.69 Å². The highest BCUT2D eigenvalue weighted by Crippen LogP contribution is 2.29. The van der Waals surface area contributed by atoms with Crippen molar-refractivity contribution in [1.29, 1.82) is 0 Å². The molecular weight excluding hydrogens is 374 g/mol. The van der Waals surface area contributed by atoms with Crippen LogP contribution in [0.2, 0.25) is 0 Å². The number of aryl methyl sites for hydroxylation is 1. The van der Waals surface area contributed by atoms with E-state index in [-0.39, 0.29) is 5.91 Å². The molecule has 5 rings (SSSR count). The number of carbonyl (C=O) groups is 1. The van der Waals surface area contributed by atoms with E-state index in [1.807, 2.05) is 58.0 Å². The normalized spacial score (nSPS) is 12.7. The van der Waals surface area contributed by atoms with Crippen molar-refractivity contribution >= 4 is 11.6 Å². The summed E-state index contributed by atoms with van der Waals surface area (Å²) in [6, 6.07) is 17.9. The van der Waals surface area contributed by atoms with Crippen LogP contribution in [-0.2, 0) is 19.4 Å². The molecule has 0 atom stereocenters. The SMILES string of the molecule is Cc1ccccc1-n1nc(C(=O)Nc2ccccc2Cn2cccn2)c2c1CCC2. The zero-order chi connectivity index (χ0) is 20.5. The minimum absolute atomic E-state index is 0.159. The Morgan fingerprint density at radius 2 is 1.90 bits per heavy atom. The van der Waals surface area contributed by atoms with Crippen molar-refractivity contribution < 1.29 is 4.79 Å². The van der Waals surface area contributed by atoms with Crippen LogP contribution < -0.4 is 5.32 Å². The highest BCUT2D eigenvalue weighted by Gasteiger charge is 2.27. The number of aromatic nitrogens is 4. The van der Waals surface area contributed by atoms with Gasteiger partial charge in [-0.05, 0) is 55.5 Å². The third-order valence-electron chi connectivity index (χ3n) is 5.65. The smallest absolute Gasteiger partial charge is 0.276 e. The van der Waals surface area contributed by atoms with Gasteiger partial charge in [0.15, 0.2) is 5.69 Å². The van der Waals surface area contributed by atoms with E-state index in [0.717, 1.165) is 53.0 Å². The first kappa shape index (κ1) is 18.4. The van der Waals surface area contributed by atoms with E-state index in [1.54, 1.807) is 6.20 Å². The number of amides is 1. The van der Waals surface area contributed by atoms with Crippen LogP contribution in [0.1, 0.15) is 39.3 Å². The monoisotopic (exact) mass is 397 g/mol. The first-order chi connectivity index (χ1) is 14.7. The van der Waals surface area contributed by atoms with Crippen molar-refractivity contribution in [1.82, 2.24) is 19.6 Å². The van der Waals surface area contributed by atoms with Gasteiger partial charge in [-0.15, -0.1) is 0 Å². The third kappa shape index (κ3) is 3.30. The standard InChI is InChI=1S/C24H23N5O/c1-17-8-2-5-12-21(17)29-22-13-6-10-19(22)23(27-29)24(30)26-20-11-4-3-9-18(20)16-28-15-7-14-25-28/h2-5,7-9,11-12,14-15H,6,10,13,16H2,1H3,(H,26,30). The van der Waals surface area contributed by atoms with E-state index in [0.29, 0.717) is 12.2 Å². The van der Waals surface area contributed by atoms with Gasteiger partial charge in [-0.1, -0.05) is 36.4 Å². The first-order valence-electron chi connectivity index (χ1n) is 10.2. The van der Waals surface area contributed by atoms with E-state index < -0.39 is 0 Å². The fraction of sp³-hybridized carbons (Fsp3) is 0.208. The van der Waals surface area contributed by atoms with Crippen molar-refractivity contribution in [3.05, 3.63) is 95.1 Å². The lowest BCUT2D eigenvalue weighted by atomic mass is 10.1. The summed E-state index contributed by atoms with van der Waals surface area (Å²) in [5.74, 6) is -0.159. The summed E-state index contributed by atoms with van der Waals surface area (Å²) >= 11 is 0. The molecule has 1 aliphatic rings. The molecule has 2 aromatic carbocycles. The molecule has 1 N–H and O–H groups in total. The molecule has 0 bridgehead atoms. The summed E-state index contributed by atoms with van der Waals surface area (Å²) in [7, 11) is 0. The van der Waals surface area contributed by atoms with Crippen LogP contribution in [0.3, 0.4) is 0 Å². The maximum atomic E-state index is 13.2. The van der Waals surface area contributed by atoms with Gasteiger partial charge in [0.05, 0.1) is 12.2 Å². The number of anilines is 1. The number of para-hydroxylation sites is 2. The number of fused-ring (bicyclic) bond motifs is 1. The average molecular weight is 397 g/mol. The Kier molecular flexibility index (Phi) is 4.67. The summed E-state index contributed by atoms with van der Waals surface area (Å²) in [4.78, 5) is 13.2. The van der Waals surface area contributed by atoms with Gasteiger partial charge in [0.2, 0.25) is 0 Å². The molecule has 30 heavy (non-hydrogen) atoms. The maximum Gasteiger partial charge on any atom is 0.276 e. The first-order valence-corrected chi connectivity index (χ1v) is 10.2. The van der Waals surface area contributed by atoms with Crippen molar-refractivity contribution in [2.24, 2.45) is 0 Å². The largest absolute Gasteiger partial charge is 0.320 e.